The Morgan fingerprint density at radius 3 is 1.43 bits per heavy atom. The van der Waals surface area contributed by atoms with E-state index in [1.54, 1.807) is 0 Å². The van der Waals surface area contributed by atoms with Gasteiger partial charge in [-0.25, -0.2) is 4.57 Å². The number of rotatable bonds is 22. The molecule has 9 nitrogen and oxygen atoms in total. The Hall–Kier alpha value is -0.540. The SMILES string of the molecule is CCCCOCCOP(=O)(OCCOCCCC)OCCOCCCC(=O)O. The minimum Gasteiger partial charge on any atom is -0.481 e. The number of ether oxygens (including phenoxy) is 3. The van der Waals surface area contributed by atoms with Crippen molar-refractivity contribution in [2.24, 2.45) is 0 Å². The summed E-state index contributed by atoms with van der Waals surface area (Å²) in [5.41, 5.74) is 0. The van der Waals surface area contributed by atoms with E-state index in [9.17, 15) is 9.36 Å². The molecule has 168 valence electrons. The van der Waals surface area contributed by atoms with Gasteiger partial charge in [0.2, 0.25) is 0 Å². The summed E-state index contributed by atoms with van der Waals surface area (Å²) in [4.78, 5) is 10.4. The summed E-state index contributed by atoms with van der Waals surface area (Å²) in [7, 11) is -3.74. The van der Waals surface area contributed by atoms with E-state index in [1.165, 1.54) is 0 Å². The molecule has 10 heteroatoms. The monoisotopic (exact) mass is 428 g/mol. The third-order valence-corrected chi connectivity index (χ3v) is 4.89. The highest BCUT2D eigenvalue weighted by Crippen LogP contribution is 2.49. The van der Waals surface area contributed by atoms with Crippen LogP contribution in [0.15, 0.2) is 0 Å². The zero-order chi connectivity index (χ0) is 20.9. The van der Waals surface area contributed by atoms with Gasteiger partial charge in [-0.15, -0.1) is 0 Å². The molecule has 0 heterocycles. The molecule has 0 atom stereocenters. The van der Waals surface area contributed by atoms with E-state index >= 15 is 0 Å². The first-order valence-electron chi connectivity index (χ1n) is 10.0. The number of unbranched alkanes of at least 4 members (excludes halogenated alkanes) is 2. The summed E-state index contributed by atoms with van der Waals surface area (Å²) in [6, 6.07) is 0. The Kier molecular flexibility index (Phi) is 19.4. The molecule has 0 aromatic carbocycles. The largest absolute Gasteiger partial charge is 0.481 e. The first kappa shape index (κ1) is 27.5. The Balaban J connectivity index is 4.08. The number of phosphoric ester groups is 1. The maximum Gasteiger partial charge on any atom is 0.475 e. The van der Waals surface area contributed by atoms with Gasteiger partial charge in [-0.2, -0.15) is 0 Å². The molecule has 0 saturated carbocycles. The van der Waals surface area contributed by atoms with Crippen molar-refractivity contribution in [1.29, 1.82) is 0 Å². The fourth-order valence-corrected chi connectivity index (χ4v) is 2.98. The minimum atomic E-state index is -3.74. The first-order valence-corrected chi connectivity index (χ1v) is 11.5. The van der Waals surface area contributed by atoms with Crippen LogP contribution in [0, 0.1) is 0 Å². The lowest BCUT2D eigenvalue weighted by molar-refractivity contribution is -0.137. The molecule has 0 spiro atoms. The van der Waals surface area contributed by atoms with Crippen LogP contribution in [0.1, 0.15) is 52.4 Å². The number of hydrogen-bond acceptors (Lipinski definition) is 8. The van der Waals surface area contributed by atoms with Crippen molar-refractivity contribution >= 4 is 13.8 Å². The van der Waals surface area contributed by atoms with E-state index in [0.29, 0.717) is 32.8 Å². The van der Waals surface area contributed by atoms with Crippen LogP contribution in [0.4, 0.5) is 0 Å². The minimum absolute atomic E-state index is 0.0116. The third kappa shape index (κ3) is 18.8. The highest BCUT2D eigenvalue weighted by molar-refractivity contribution is 7.48. The molecule has 0 amide bonds. The van der Waals surface area contributed by atoms with Crippen molar-refractivity contribution in [3.05, 3.63) is 0 Å². The van der Waals surface area contributed by atoms with Crippen LogP contribution in [0.5, 0.6) is 0 Å². The van der Waals surface area contributed by atoms with Gasteiger partial charge in [0.1, 0.15) is 0 Å². The topological polar surface area (TPSA) is 110 Å². The number of aliphatic carboxylic acids is 1. The summed E-state index contributed by atoms with van der Waals surface area (Å²) in [5, 5.41) is 8.55. The van der Waals surface area contributed by atoms with Crippen LogP contribution in [0.25, 0.3) is 0 Å². The van der Waals surface area contributed by atoms with Crippen LogP contribution in [-0.4, -0.2) is 70.5 Å². The quantitative estimate of drug-likeness (QED) is 0.204. The van der Waals surface area contributed by atoms with Crippen LogP contribution in [0.2, 0.25) is 0 Å². The molecule has 0 aliphatic heterocycles. The molecule has 28 heavy (non-hydrogen) atoms. The number of phosphoric acid groups is 1. The molecule has 0 radical (unpaired) electrons. The maximum absolute atomic E-state index is 12.7. The predicted octanol–water partition coefficient (Wildman–Crippen LogP) is 3.66. The number of carboxylic acid groups (broad SMARTS) is 1. The molecular formula is C18H37O9P. The maximum atomic E-state index is 12.7. The van der Waals surface area contributed by atoms with Crippen molar-refractivity contribution in [3.63, 3.8) is 0 Å². The zero-order valence-corrected chi connectivity index (χ0v) is 18.2. The molecular weight excluding hydrogens is 391 g/mol. The van der Waals surface area contributed by atoms with Gasteiger partial charge in [-0.1, -0.05) is 26.7 Å². The van der Waals surface area contributed by atoms with Gasteiger partial charge < -0.3 is 19.3 Å². The van der Waals surface area contributed by atoms with E-state index in [2.05, 4.69) is 13.8 Å². The summed E-state index contributed by atoms with van der Waals surface area (Å²) in [6.45, 7) is 6.65. The fraction of sp³-hybridized carbons (Fsp3) is 0.944. The highest BCUT2D eigenvalue weighted by atomic mass is 31.2. The third-order valence-electron chi connectivity index (χ3n) is 3.39. The molecule has 0 bridgehead atoms. The molecule has 0 unspecified atom stereocenters. The lowest BCUT2D eigenvalue weighted by Crippen LogP contribution is -2.12. The lowest BCUT2D eigenvalue weighted by Gasteiger charge is -2.18. The van der Waals surface area contributed by atoms with Crippen LogP contribution in [-0.2, 0) is 37.1 Å². The Bertz CT molecular complexity index is 387. The van der Waals surface area contributed by atoms with Gasteiger partial charge in [-0.3, -0.25) is 18.4 Å². The molecule has 0 saturated heterocycles. The van der Waals surface area contributed by atoms with Gasteiger partial charge in [0.05, 0.1) is 39.6 Å². The smallest absolute Gasteiger partial charge is 0.475 e. The Morgan fingerprint density at radius 1 is 0.679 bits per heavy atom. The number of hydrogen-bond donors (Lipinski definition) is 1. The van der Waals surface area contributed by atoms with Gasteiger partial charge in [0, 0.05) is 26.2 Å². The number of carbonyl (C=O) groups is 1. The average Bonchev–Trinajstić information content (AvgIpc) is 2.66. The van der Waals surface area contributed by atoms with Gasteiger partial charge in [0.25, 0.3) is 0 Å². The molecule has 0 aliphatic rings. The van der Waals surface area contributed by atoms with Gasteiger partial charge in [-0.05, 0) is 19.3 Å². The number of carboxylic acids is 1. The standard InChI is InChI=1S/C18H37O9P/c1-3-5-9-22-12-15-25-28(21,26-16-13-23-10-6-4-2)27-17-14-24-11-7-8-18(19)20/h3-17H2,1-2H3,(H,19,20). The molecule has 0 aromatic rings. The molecule has 0 fully saturated rings. The fourth-order valence-electron chi connectivity index (χ4n) is 1.86. The van der Waals surface area contributed by atoms with Crippen molar-refractivity contribution in [1.82, 2.24) is 0 Å². The van der Waals surface area contributed by atoms with E-state index in [1.807, 2.05) is 0 Å². The highest BCUT2D eigenvalue weighted by Gasteiger charge is 2.26. The molecule has 0 aliphatic carbocycles. The summed E-state index contributed by atoms with van der Waals surface area (Å²) >= 11 is 0. The second-order valence-electron chi connectivity index (χ2n) is 5.99. The van der Waals surface area contributed by atoms with Gasteiger partial charge >= 0.3 is 13.8 Å². The Labute approximate surface area is 168 Å². The Morgan fingerprint density at radius 2 is 1.07 bits per heavy atom. The van der Waals surface area contributed by atoms with Crippen molar-refractivity contribution < 1.29 is 42.2 Å². The van der Waals surface area contributed by atoms with Crippen LogP contribution in [0.3, 0.4) is 0 Å². The van der Waals surface area contributed by atoms with Crippen LogP contribution >= 0.6 is 7.82 Å². The summed E-state index contributed by atoms with van der Waals surface area (Å²) in [6.07, 6.45) is 4.44. The first-order chi connectivity index (χ1) is 13.5. The average molecular weight is 428 g/mol. The van der Waals surface area contributed by atoms with E-state index in [4.69, 9.17) is 32.9 Å². The van der Waals surface area contributed by atoms with Crippen molar-refractivity contribution in [3.8, 4) is 0 Å². The van der Waals surface area contributed by atoms with E-state index in [-0.39, 0.29) is 39.5 Å². The van der Waals surface area contributed by atoms with Gasteiger partial charge in [0.15, 0.2) is 0 Å². The normalized spacial score (nSPS) is 11.8. The second kappa shape index (κ2) is 19.8. The lowest BCUT2D eigenvalue weighted by atomic mass is 10.3. The molecule has 0 aromatic heterocycles. The van der Waals surface area contributed by atoms with Crippen LogP contribution < -0.4 is 0 Å². The van der Waals surface area contributed by atoms with Crippen molar-refractivity contribution in [2.75, 3.05) is 59.5 Å². The van der Waals surface area contributed by atoms with E-state index < -0.39 is 13.8 Å². The van der Waals surface area contributed by atoms with E-state index in [0.717, 1.165) is 25.7 Å². The summed E-state index contributed by atoms with van der Waals surface area (Å²) < 4.78 is 44.5. The predicted molar refractivity (Wildman–Crippen MR) is 105 cm³/mol. The van der Waals surface area contributed by atoms with Crippen molar-refractivity contribution in [2.45, 2.75) is 52.4 Å². The summed E-state index contributed by atoms with van der Waals surface area (Å²) in [5.74, 6) is -0.867. The molecule has 1 N–H and O–H groups in total. The zero-order valence-electron chi connectivity index (χ0n) is 17.3. The second-order valence-corrected chi connectivity index (χ2v) is 7.66. The molecule has 0 rings (SSSR count).